The fraction of sp³-hybridized carbons (Fsp3) is 0.200. The van der Waals surface area contributed by atoms with Crippen molar-refractivity contribution in [3.8, 4) is 0 Å². The maximum absolute atomic E-state index is 3.24. The van der Waals surface area contributed by atoms with Crippen LogP contribution in [0.15, 0.2) is 30.5 Å². The van der Waals surface area contributed by atoms with E-state index in [4.69, 9.17) is 0 Å². The third kappa shape index (κ3) is 1.28. The van der Waals surface area contributed by atoms with E-state index in [9.17, 15) is 0 Å². The van der Waals surface area contributed by atoms with Crippen LogP contribution >= 0.6 is 0 Å². The van der Waals surface area contributed by atoms with Gasteiger partial charge >= 0.3 is 0 Å². The molecule has 0 aromatic heterocycles. The topological polar surface area (TPSA) is 24.1 Å². The van der Waals surface area contributed by atoms with E-state index in [2.05, 4.69) is 41.8 Å². The first-order valence-electron chi connectivity index (χ1n) is 4.11. The summed E-state index contributed by atoms with van der Waals surface area (Å²) in [4.78, 5) is 0. The van der Waals surface area contributed by atoms with Crippen molar-refractivity contribution in [3.63, 3.8) is 0 Å². The van der Waals surface area contributed by atoms with Gasteiger partial charge in [-0.15, -0.1) is 0 Å². The van der Waals surface area contributed by atoms with E-state index in [0.29, 0.717) is 0 Å². The summed E-state index contributed by atoms with van der Waals surface area (Å²) in [6.07, 6.45) is 2.00. The molecule has 1 heterocycles. The zero-order valence-corrected chi connectivity index (χ0v) is 7.09. The molecule has 1 aliphatic heterocycles. The molecule has 2 rings (SSSR count). The smallest absolute Gasteiger partial charge is 0.0846 e. The summed E-state index contributed by atoms with van der Waals surface area (Å²) in [7, 11) is 0. The Bertz CT molecular complexity index is 298. The Kier molecular flexibility index (Phi) is 1.74. The van der Waals surface area contributed by atoms with Gasteiger partial charge in [-0.2, -0.15) is 0 Å². The number of nitrogens with one attached hydrogen (secondary N) is 2. The average molecular weight is 160 g/mol. The molecule has 1 aromatic rings. The molecule has 12 heavy (non-hydrogen) atoms. The monoisotopic (exact) mass is 160 g/mol. The van der Waals surface area contributed by atoms with Crippen LogP contribution in [0.25, 0.3) is 5.70 Å². The molecule has 1 aliphatic rings. The Hall–Kier alpha value is -1.44. The maximum Gasteiger partial charge on any atom is 0.0846 e. The number of benzene rings is 1. The minimum atomic E-state index is 0.837. The Morgan fingerprint density at radius 1 is 1.17 bits per heavy atom. The van der Waals surface area contributed by atoms with Gasteiger partial charge in [-0.05, 0) is 12.5 Å². The van der Waals surface area contributed by atoms with E-state index < -0.39 is 0 Å². The molecule has 0 atom stereocenters. The van der Waals surface area contributed by atoms with E-state index in [-0.39, 0.29) is 0 Å². The van der Waals surface area contributed by atoms with Crippen LogP contribution in [-0.2, 0) is 0 Å². The van der Waals surface area contributed by atoms with Crippen molar-refractivity contribution in [2.45, 2.75) is 6.92 Å². The zero-order chi connectivity index (χ0) is 8.39. The highest BCUT2D eigenvalue weighted by atomic mass is 15.1. The predicted octanol–water partition coefficient (Wildman–Crippen LogP) is 1.44. The molecule has 0 radical (unpaired) electrons. The summed E-state index contributed by atoms with van der Waals surface area (Å²) in [5.41, 5.74) is 3.71. The lowest BCUT2D eigenvalue weighted by Gasteiger charge is -2.02. The Balaban J connectivity index is 2.28. The van der Waals surface area contributed by atoms with Crippen LogP contribution in [0, 0.1) is 6.92 Å². The van der Waals surface area contributed by atoms with Crippen LogP contribution in [0.1, 0.15) is 11.1 Å². The van der Waals surface area contributed by atoms with Crippen molar-refractivity contribution in [2.75, 3.05) is 6.67 Å². The van der Waals surface area contributed by atoms with Gasteiger partial charge in [0.25, 0.3) is 0 Å². The maximum atomic E-state index is 3.24. The minimum absolute atomic E-state index is 0.837. The highest BCUT2D eigenvalue weighted by Crippen LogP contribution is 2.12. The molecule has 0 spiro atoms. The van der Waals surface area contributed by atoms with Crippen molar-refractivity contribution in [1.82, 2.24) is 10.6 Å². The first-order valence-corrected chi connectivity index (χ1v) is 4.11. The lowest BCUT2D eigenvalue weighted by Crippen LogP contribution is -2.13. The summed E-state index contributed by atoms with van der Waals surface area (Å²) in [5.74, 6) is 0. The van der Waals surface area contributed by atoms with Gasteiger partial charge in [0, 0.05) is 6.20 Å². The van der Waals surface area contributed by atoms with E-state index in [1.54, 1.807) is 0 Å². The molecule has 2 heteroatoms. The van der Waals surface area contributed by atoms with E-state index in [1.807, 2.05) is 6.20 Å². The van der Waals surface area contributed by atoms with Crippen LogP contribution < -0.4 is 10.6 Å². The largest absolute Gasteiger partial charge is 0.372 e. The van der Waals surface area contributed by atoms with E-state index in [1.165, 1.54) is 16.8 Å². The van der Waals surface area contributed by atoms with Crippen molar-refractivity contribution < 1.29 is 0 Å². The lowest BCUT2D eigenvalue weighted by atomic mass is 10.1. The molecule has 2 N–H and O–H groups in total. The van der Waals surface area contributed by atoms with Gasteiger partial charge in [0.1, 0.15) is 0 Å². The molecule has 0 fully saturated rings. The molecule has 0 saturated heterocycles. The molecule has 0 bridgehead atoms. The first kappa shape index (κ1) is 7.22. The van der Waals surface area contributed by atoms with Gasteiger partial charge in [-0.3, -0.25) is 0 Å². The highest BCUT2D eigenvalue weighted by molar-refractivity contribution is 5.65. The lowest BCUT2D eigenvalue weighted by molar-refractivity contribution is 0.843. The number of hydrogen-bond donors (Lipinski definition) is 2. The summed E-state index contributed by atoms with van der Waals surface area (Å²) in [6, 6.07) is 8.49. The first-order chi connectivity index (χ1) is 5.86. The molecule has 0 amide bonds. The number of aryl methyl sites for hydroxylation is 1. The molecule has 0 aliphatic carbocycles. The Labute approximate surface area is 72.3 Å². The van der Waals surface area contributed by atoms with Crippen molar-refractivity contribution in [3.05, 3.63) is 41.6 Å². The minimum Gasteiger partial charge on any atom is -0.372 e. The fourth-order valence-electron chi connectivity index (χ4n) is 1.27. The van der Waals surface area contributed by atoms with Gasteiger partial charge in [0.15, 0.2) is 0 Å². The fourth-order valence-corrected chi connectivity index (χ4v) is 1.27. The summed E-state index contributed by atoms with van der Waals surface area (Å²) in [6.45, 7) is 2.93. The molecule has 62 valence electrons. The third-order valence-corrected chi connectivity index (χ3v) is 1.99. The average Bonchev–Trinajstić information content (AvgIpc) is 2.58. The second-order valence-electron chi connectivity index (χ2n) is 2.98. The van der Waals surface area contributed by atoms with Crippen molar-refractivity contribution in [1.29, 1.82) is 0 Å². The summed E-state index contributed by atoms with van der Waals surface area (Å²) >= 11 is 0. The van der Waals surface area contributed by atoms with Gasteiger partial charge < -0.3 is 10.6 Å². The van der Waals surface area contributed by atoms with Crippen LogP contribution in [0.5, 0.6) is 0 Å². The second-order valence-corrected chi connectivity index (χ2v) is 2.98. The molecule has 0 saturated carbocycles. The summed E-state index contributed by atoms with van der Waals surface area (Å²) in [5, 5.41) is 6.35. The third-order valence-electron chi connectivity index (χ3n) is 1.99. The summed E-state index contributed by atoms with van der Waals surface area (Å²) < 4.78 is 0. The van der Waals surface area contributed by atoms with E-state index in [0.717, 1.165) is 6.67 Å². The Morgan fingerprint density at radius 2 is 1.92 bits per heavy atom. The van der Waals surface area contributed by atoms with Gasteiger partial charge in [0.2, 0.25) is 0 Å². The highest BCUT2D eigenvalue weighted by Gasteiger charge is 2.03. The Morgan fingerprint density at radius 3 is 2.50 bits per heavy atom. The number of hydrogen-bond acceptors (Lipinski definition) is 2. The van der Waals surface area contributed by atoms with Crippen molar-refractivity contribution in [2.24, 2.45) is 0 Å². The standard InChI is InChI=1S/C10H12N2/c1-8-2-4-9(5-3-8)10-6-11-7-12-10/h2-6,11-12H,7H2,1H3. The second kappa shape index (κ2) is 2.89. The number of rotatable bonds is 1. The molecule has 0 unspecified atom stereocenters. The molecular formula is C10H12N2. The molecular weight excluding hydrogens is 148 g/mol. The SMILES string of the molecule is Cc1ccc(C2=CNCN2)cc1. The van der Waals surface area contributed by atoms with Crippen LogP contribution in [0.4, 0.5) is 0 Å². The van der Waals surface area contributed by atoms with Crippen molar-refractivity contribution >= 4 is 5.70 Å². The van der Waals surface area contributed by atoms with E-state index >= 15 is 0 Å². The van der Waals surface area contributed by atoms with Gasteiger partial charge in [-0.25, -0.2) is 0 Å². The predicted molar refractivity (Wildman–Crippen MR) is 50.3 cm³/mol. The molecule has 1 aromatic carbocycles. The van der Waals surface area contributed by atoms with Gasteiger partial charge in [0.05, 0.1) is 12.4 Å². The van der Waals surface area contributed by atoms with Crippen LogP contribution in [0.3, 0.4) is 0 Å². The zero-order valence-electron chi connectivity index (χ0n) is 7.09. The normalized spacial score (nSPS) is 14.9. The van der Waals surface area contributed by atoms with Gasteiger partial charge in [-0.1, -0.05) is 29.8 Å². The van der Waals surface area contributed by atoms with Crippen LogP contribution in [0.2, 0.25) is 0 Å². The molecule has 2 nitrogen and oxygen atoms in total. The quantitative estimate of drug-likeness (QED) is 0.649. The van der Waals surface area contributed by atoms with Crippen LogP contribution in [-0.4, -0.2) is 6.67 Å².